The predicted octanol–water partition coefficient (Wildman–Crippen LogP) is 0.875. The Bertz CT molecular complexity index is 184. The Morgan fingerprint density at radius 2 is 2.07 bits per heavy atom. The predicted molar refractivity (Wildman–Crippen MR) is 58.7 cm³/mol. The first kappa shape index (κ1) is 14.2. The van der Waals surface area contributed by atoms with Crippen LogP contribution in [0.25, 0.3) is 0 Å². The molecule has 0 aliphatic rings. The molecule has 0 saturated heterocycles. The maximum atomic E-state index is 11.4. The molecule has 3 N–H and O–H groups in total. The van der Waals surface area contributed by atoms with Crippen LogP contribution in [0.1, 0.15) is 27.2 Å². The fourth-order valence-electron chi connectivity index (χ4n) is 1.07. The summed E-state index contributed by atoms with van der Waals surface area (Å²) in [7, 11) is 1.58. The van der Waals surface area contributed by atoms with Crippen molar-refractivity contribution in [2.45, 2.75) is 38.8 Å². The van der Waals surface area contributed by atoms with Crippen LogP contribution >= 0.6 is 0 Å². The second-order valence-corrected chi connectivity index (χ2v) is 4.38. The lowest BCUT2D eigenvalue weighted by Gasteiger charge is -2.23. The fraction of sp³-hybridized carbons (Fsp3) is 0.900. The number of hydrogen-bond acceptors (Lipinski definition) is 4. The molecule has 1 amide bonds. The maximum absolute atomic E-state index is 11.4. The van der Waals surface area contributed by atoms with Gasteiger partial charge in [0.15, 0.2) is 0 Å². The zero-order chi connectivity index (χ0) is 11.9. The fourth-order valence-corrected chi connectivity index (χ4v) is 1.07. The second-order valence-electron chi connectivity index (χ2n) is 4.38. The van der Waals surface area contributed by atoms with Gasteiger partial charge < -0.3 is 20.5 Å². The van der Waals surface area contributed by atoms with Gasteiger partial charge in [0.1, 0.15) is 5.60 Å². The second kappa shape index (κ2) is 6.63. The summed E-state index contributed by atoms with van der Waals surface area (Å²) in [4.78, 5) is 11.4. The molecule has 0 aromatic rings. The van der Waals surface area contributed by atoms with Gasteiger partial charge in [-0.15, -0.1) is 0 Å². The summed E-state index contributed by atoms with van der Waals surface area (Å²) in [6.45, 7) is 6.41. The Hall–Kier alpha value is -0.810. The normalized spacial score (nSPS) is 13.4. The molecule has 0 rings (SSSR count). The third-order valence-corrected chi connectivity index (χ3v) is 1.60. The summed E-state index contributed by atoms with van der Waals surface area (Å²) >= 11 is 0. The molecule has 0 aromatic carbocycles. The van der Waals surface area contributed by atoms with E-state index in [0.717, 1.165) is 0 Å². The Morgan fingerprint density at radius 3 is 2.47 bits per heavy atom. The van der Waals surface area contributed by atoms with E-state index >= 15 is 0 Å². The van der Waals surface area contributed by atoms with E-state index in [1.54, 1.807) is 7.11 Å². The van der Waals surface area contributed by atoms with E-state index in [1.165, 1.54) is 0 Å². The Morgan fingerprint density at radius 1 is 1.47 bits per heavy atom. The molecular formula is C10H22N2O3. The highest BCUT2D eigenvalue weighted by atomic mass is 16.6. The van der Waals surface area contributed by atoms with Crippen LogP contribution in [0.2, 0.25) is 0 Å². The average Bonchev–Trinajstić information content (AvgIpc) is 2.00. The molecule has 0 aromatic heterocycles. The van der Waals surface area contributed by atoms with Crippen LogP contribution in [-0.2, 0) is 9.47 Å². The van der Waals surface area contributed by atoms with Gasteiger partial charge in [-0.05, 0) is 33.7 Å². The molecule has 1 unspecified atom stereocenters. The number of nitrogens with two attached hydrogens (primary N) is 1. The zero-order valence-corrected chi connectivity index (χ0v) is 10.0. The van der Waals surface area contributed by atoms with E-state index in [0.29, 0.717) is 19.6 Å². The molecule has 5 heteroatoms. The summed E-state index contributed by atoms with van der Waals surface area (Å²) in [6.07, 6.45) is 0.241. The number of rotatable bonds is 5. The number of ether oxygens (including phenoxy) is 2. The molecule has 1 atom stereocenters. The lowest BCUT2D eigenvalue weighted by atomic mass is 10.2. The topological polar surface area (TPSA) is 73.6 Å². The largest absolute Gasteiger partial charge is 0.444 e. The van der Waals surface area contributed by atoms with E-state index in [4.69, 9.17) is 15.2 Å². The molecular weight excluding hydrogens is 196 g/mol. The van der Waals surface area contributed by atoms with Crippen LogP contribution in [-0.4, -0.2) is 38.0 Å². The van der Waals surface area contributed by atoms with Gasteiger partial charge in [-0.2, -0.15) is 0 Å². The molecule has 0 saturated carbocycles. The number of amides is 1. The van der Waals surface area contributed by atoms with Crippen LogP contribution in [0, 0.1) is 0 Å². The first-order chi connectivity index (χ1) is 6.89. The van der Waals surface area contributed by atoms with Crippen molar-refractivity contribution in [3.05, 3.63) is 0 Å². The molecule has 0 fully saturated rings. The summed E-state index contributed by atoms with van der Waals surface area (Å²) < 4.78 is 10.1. The van der Waals surface area contributed by atoms with Gasteiger partial charge in [-0.3, -0.25) is 0 Å². The first-order valence-corrected chi connectivity index (χ1v) is 5.07. The van der Waals surface area contributed by atoms with Crippen molar-refractivity contribution >= 4 is 6.09 Å². The lowest BCUT2D eigenvalue weighted by Crippen LogP contribution is -2.42. The van der Waals surface area contributed by atoms with Crippen LogP contribution in [0.5, 0.6) is 0 Å². The zero-order valence-electron chi connectivity index (χ0n) is 10.0. The van der Waals surface area contributed by atoms with E-state index in [2.05, 4.69) is 5.32 Å². The number of carbonyl (C=O) groups excluding carboxylic acids is 1. The van der Waals surface area contributed by atoms with Gasteiger partial charge in [0, 0.05) is 7.11 Å². The van der Waals surface area contributed by atoms with E-state index < -0.39 is 11.7 Å². The van der Waals surface area contributed by atoms with Crippen LogP contribution in [0.15, 0.2) is 0 Å². The van der Waals surface area contributed by atoms with Gasteiger partial charge >= 0.3 is 6.09 Å². The van der Waals surface area contributed by atoms with Gasteiger partial charge in [-0.1, -0.05) is 0 Å². The van der Waals surface area contributed by atoms with Crippen LogP contribution < -0.4 is 11.1 Å². The number of alkyl carbamates (subject to hydrolysis) is 1. The third-order valence-electron chi connectivity index (χ3n) is 1.60. The van der Waals surface area contributed by atoms with Gasteiger partial charge in [0.25, 0.3) is 0 Å². The van der Waals surface area contributed by atoms with Crippen molar-refractivity contribution in [3.8, 4) is 0 Å². The Kier molecular flexibility index (Phi) is 6.27. The quantitative estimate of drug-likeness (QED) is 0.718. The number of nitrogens with one attached hydrogen (secondary N) is 1. The molecule has 0 spiro atoms. The van der Waals surface area contributed by atoms with Gasteiger partial charge in [-0.25, -0.2) is 4.79 Å². The van der Waals surface area contributed by atoms with Crippen molar-refractivity contribution < 1.29 is 14.3 Å². The molecule has 0 heterocycles. The smallest absolute Gasteiger partial charge is 0.407 e. The minimum Gasteiger partial charge on any atom is -0.444 e. The molecule has 5 nitrogen and oxygen atoms in total. The van der Waals surface area contributed by atoms with Crippen molar-refractivity contribution in [2.24, 2.45) is 5.73 Å². The van der Waals surface area contributed by atoms with E-state index in [1.807, 2.05) is 20.8 Å². The van der Waals surface area contributed by atoms with Crippen LogP contribution in [0.4, 0.5) is 4.79 Å². The van der Waals surface area contributed by atoms with E-state index in [9.17, 15) is 4.79 Å². The average molecular weight is 218 g/mol. The molecule has 15 heavy (non-hydrogen) atoms. The van der Waals surface area contributed by atoms with Gasteiger partial charge in [0.05, 0.1) is 12.6 Å². The Labute approximate surface area is 91.3 Å². The highest BCUT2D eigenvalue weighted by molar-refractivity contribution is 5.68. The van der Waals surface area contributed by atoms with E-state index in [-0.39, 0.29) is 6.04 Å². The van der Waals surface area contributed by atoms with Crippen molar-refractivity contribution in [3.63, 3.8) is 0 Å². The first-order valence-electron chi connectivity index (χ1n) is 5.07. The monoisotopic (exact) mass is 218 g/mol. The van der Waals surface area contributed by atoms with Crippen molar-refractivity contribution in [1.29, 1.82) is 0 Å². The number of methoxy groups -OCH3 is 1. The Balaban J connectivity index is 3.99. The van der Waals surface area contributed by atoms with Crippen LogP contribution in [0.3, 0.4) is 0 Å². The summed E-state index contributed by atoms with van der Waals surface area (Å²) in [5.41, 5.74) is 4.93. The lowest BCUT2D eigenvalue weighted by molar-refractivity contribution is 0.0466. The molecule has 0 radical (unpaired) electrons. The van der Waals surface area contributed by atoms with Crippen molar-refractivity contribution in [2.75, 3.05) is 20.3 Å². The minimum atomic E-state index is -0.482. The standard InChI is InChI=1S/C10H22N2O3/c1-10(2,3)15-9(13)12-8(5-6-11)7-14-4/h8H,5-7,11H2,1-4H3,(H,12,13). The third kappa shape index (κ3) is 8.20. The number of carbonyl (C=O) groups is 1. The highest BCUT2D eigenvalue weighted by Gasteiger charge is 2.18. The van der Waals surface area contributed by atoms with Gasteiger partial charge in [0.2, 0.25) is 0 Å². The molecule has 0 aliphatic heterocycles. The minimum absolute atomic E-state index is 0.0881. The molecule has 0 aliphatic carbocycles. The summed E-state index contributed by atoms with van der Waals surface area (Å²) in [5.74, 6) is 0. The van der Waals surface area contributed by atoms with Crippen molar-refractivity contribution in [1.82, 2.24) is 5.32 Å². The SMILES string of the molecule is COCC(CCN)NC(=O)OC(C)(C)C. The summed E-state index contributed by atoms with van der Waals surface area (Å²) in [5, 5.41) is 2.71. The summed E-state index contributed by atoms with van der Waals surface area (Å²) in [6, 6.07) is -0.0881. The maximum Gasteiger partial charge on any atom is 0.407 e. The molecule has 0 bridgehead atoms. The molecule has 90 valence electrons. The highest BCUT2D eigenvalue weighted by Crippen LogP contribution is 2.07. The number of hydrogen-bond donors (Lipinski definition) is 2.